The molecule has 0 aliphatic carbocycles. The first-order valence-corrected chi connectivity index (χ1v) is 5.82. The SMILES string of the molecule is CN(CC(=O)N(C)C)CC(O)c1ccc(N)cc1. The molecule has 0 bridgehead atoms. The average Bonchev–Trinajstić information content (AvgIpc) is 2.29. The molecule has 1 aromatic carbocycles. The van der Waals surface area contributed by atoms with E-state index >= 15 is 0 Å². The Hall–Kier alpha value is -1.59. The Morgan fingerprint density at radius 1 is 1.28 bits per heavy atom. The summed E-state index contributed by atoms with van der Waals surface area (Å²) in [5.74, 6) is 0.0157. The van der Waals surface area contributed by atoms with Crippen molar-refractivity contribution in [2.45, 2.75) is 6.10 Å². The van der Waals surface area contributed by atoms with E-state index in [-0.39, 0.29) is 5.91 Å². The monoisotopic (exact) mass is 251 g/mol. The van der Waals surface area contributed by atoms with Crippen LogP contribution in [0.25, 0.3) is 0 Å². The smallest absolute Gasteiger partial charge is 0.236 e. The molecule has 18 heavy (non-hydrogen) atoms. The van der Waals surface area contributed by atoms with E-state index in [1.54, 1.807) is 43.3 Å². The van der Waals surface area contributed by atoms with Crippen molar-refractivity contribution in [3.63, 3.8) is 0 Å². The molecule has 0 aromatic heterocycles. The molecule has 1 atom stereocenters. The lowest BCUT2D eigenvalue weighted by Crippen LogP contribution is -2.36. The summed E-state index contributed by atoms with van der Waals surface area (Å²) in [6.45, 7) is 0.697. The fourth-order valence-electron chi connectivity index (χ4n) is 1.56. The highest BCUT2D eigenvalue weighted by molar-refractivity contribution is 5.77. The molecule has 100 valence electrons. The standard InChI is InChI=1S/C13H21N3O2/c1-15(2)13(18)9-16(3)8-12(17)10-4-6-11(14)7-5-10/h4-7,12,17H,8-9,14H2,1-3H3. The number of aliphatic hydroxyl groups excluding tert-OH is 1. The minimum atomic E-state index is -0.620. The molecule has 0 saturated heterocycles. The second kappa shape index (κ2) is 6.37. The molecule has 0 radical (unpaired) electrons. The van der Waals surface area contributed by atoms with Gasteiger partial charge in [0.25, 0.3) is 0 Å². The van der Waals surface area contributed by atoms with Gasteiger partial charge in [0.1, 0.15) is 0 Å². The molecular formula is C13H21N3O2. The van der Waals surface area contributed by atoms with E-state index in [2.05, 4.69) is 0 Å². The lowest BCUT2D eigenvalue weighted by Gasteiger charge is -2.22. The second-order valence-corrected chi connectivity index (χ2v) is 4.67. The van der Waals surface area contributed by atoms with Gasteiger partial charge in [0.2, 0.25) is 5.91 Å². The van der Waals surface area contributed by atoms with Crippen LogP contribution in [0.2, 0.25) is 0 Å². The zero-order chi connectivity index (χ0) is 13.7. The van der Waals surface area contributed by atoms with Crippen molar-refractivity contribution in [1.82, 2.24) is 9.80 Å². The number of hydrogen-bond acceptors (Lipinski definition) is 4. The third-order valence-corrected chi connectivity index (χ3v) is 2.71. The highest BCUT2D eigenvalue weighted by Crippen LogP contribution is 2.15. The molecule has 5 nitrogen and oxygen atoms in total. The number of nitrogens with two attached hydrogens (primary N) is 1. The lowest BCUT2D eigenvalue weighted by molar-refractivity contribution is -0.129. The number of nitrogens with zero attached hydrogens (tertiary/aromatic N) is 2. The first kappa shape index (κ1) is 14.5. The molecule has 0 aliphatic rings. The number of benzene rings is 1. The van der Waals surface area contributed by atoms with Gasteiger partial charge in [-0.1, -0.05) is 12.1 Å². The Morgan fingerprint density at radius 3 is 2.33 bits per heavy atom. The lowest BCUT2D eigenvalue weighted by atomic mass is 10.1. The Labute approximate surface area is 108 Å². The summed E-state index contributed by atoms with van der Waals surface area (Å²) >= 11 is 0. The van der Waals surface area contributed by atoms with Gasteiger partial charge >= 0.3 is 0 Å². The van der Waals surface area contributed by atoms with E-state index in [0.29, 0.717) is 18.8 Å². The van der Waals surface area contributed by atoms with Crippen LogP contribution in [0.1, 0.15) is 11.7 Å². The first-order valence-electron chi connectivity index (χ1n) is 5.82. The van der Waals surface area contributed by atoms with E-state index in [4.69, 9.17) is 5.73 Å². The maximum Gasteiger partial charge on any atom is 0.236 e. The predicted octanol–water partition coefficient (Wildman–Crippen LogP) is 0.322. The van der Waals surface area contributed by atoms with Crippen LogP contribution in [0.3, 0.4) is 0 Å². The van der Waals surface area contributed by atoms with Crippen LogP contribution in [0.4, 0.5) is 5.69 Å². The minimum Gasteiger partial charge on any atom is -0.399 e. The summed E-state index contributed by atoms with van der Waals surface area (Å²) in [7, 11) is 5.24. The third kappa shape index (κ3) is 4.35. The zero-order valence-electron chi connectivity index (χ0n) is 11.1. The molecule has 1 unspecified atom stereocenters. The Balaban J connectivity index is 2.51. The van der Waals surface area contributed by atoms with Gasteiger partial charge in [-0.15, -0.1) is 0 Å². The number of carbonyl (C=O) groups excluding carboxylic acids is 1. The fourth-order valence-corrected chi connectivity index (χ4v) is 1.56. The van der Waals surface area contributed by atoms with E-state index in [1.807, 2.05) is 7.05 Å². The molecule has 0 spiro atoms. The molecule has 5 heteroatoms. The molecule has 0 heterocycles. The van der Waals surface area contributed by atoms with Gasteiger partial charge in [-0.2, -0.15) is 0 Å². The normalized spacial score (nSPS) is 12.5. The second-order valence-electron chi connectivity index (χ2n) is 4.67. The van der Waals surface area contributed by atoms with Crippen LogP contribution in [0.5, 0.6) is 0 Å². The van der Waals surface area contributed by atoms with Crippen molar-refractivity contribution >= 4 is 11.6 Å². The van der Waals surface area contributed by atoms with Crippen molar-refractivity contribution < 1.29 is 9.90 Å². The van der Waals surface area contributed by atoms with Crippen molar-refractivity contribution in [3.05, 3.63) is 29.8 Å². The maximum absolute atomic E-state index is 11.5. The van der Waals surface area contributed by atoms with Gasteiger partial charge in [-0.3, -0.25) is 9.69 Å². The average molecular weight is 251 g/mol. The highest BCUT2D eigenvalue weighted by Gasteiger charge is 2.13. The van der Waals surface area contributed by atoms with Crippen molar-refractivity contribution in [2.24, 2.45) is 0 Å². The molecule has 3 N–H and O–H groups in total. The predicted molar refractivity (Wildman–Crippen MR) is 72.0 cm³/mol. The number of rotatable bonds is 5. The topological polar surface area (TPSA) is 69.8 Å². The van der Waals surface area contributed by atoms with E-state index in [0.717, 1.165) is 5.56 Å². The number of aliphatic hydroxyl groups is 1. The number of carbonyl (C=O) groups is 1. The Kier molecular flexibility index (Phi) is 5.12. The Morgan fingerprint density at radius 2 is 1.83 bits per heavy atom. The van der Waals surface area contributed by atoms with Crippen LogP contribution in [0, 0.1) is 0 Å². The van der Waals surface area contributed by atoms with Gasteiger partial charge in [0, 0.05) is 26.3 Å². The van der Waals surface area contributed by atoms with Crippen molar-refractivity contribution in [3.8, 4) is 0 Å². The van der Waals surface area contributed by atoms with Gasteiger partial charge < -0.3 is 15.7 Å². The van der Waals surface area contributed by atoms with E-state index < -0.39 is 6.10 Å². The molecule has 1 amide bonds. The first-order chi connectivity index (χ1) is 8.40. The van der Waals surface area contributed by atoms with Crippen LogP contribution >= 0.6 is 0 Å². The summed E-state index contributed by atoms with van der Waals surface area (Å²) in [6.07, 6.45) is -0.620. The molecular weight excluding hydrogens is 230 g/mol. The highest BCUT2D eigenvalue weighted by atomic mass is 16.3. The Bertz CT molecular complexity index is 390. The summed E-state index contributed by atoms with van der Waals surface area (Å²) in [6, 6.07) is 7.09. The van der Waals surface area contributed by atoms with E-state index in [1.165, 1.54) is 4.90 Å². The van der Waals surface area contributed by atoms with Gasteiger partial charge in [0.05, 0.1) is 12.6 Å². The number of nitrogen functional groups attached to an aromatic ring is 1. The maximum atomic E-state index is 11.5. The van der Waals surface area contributed by atoms with Gasteiger partial charge in [0.15, 0.2) is 0 Å². The molecule has 1 rings (SSSR count). The summed E-state index contributed by atoms with van der Waals surface area (Å²) in [4.78, 5) is 14.8. The molecule has 1 aromatic rings. The molecule has 0 saturated carbocycles. The van der Waals surface area contributed by atoms with Gasteiger partial charge in [-0.05, 0) is 24.7 Å². The van der Waals surface area contributed by atoms with Crippen molar-refractivity contribution in [2.75, 3.05) is 40.0 Å². The van der Waals surface area contributed by atoms with Gasteiger partial charge in [-0.25, -0.2) is 0 Å². The zero-order valence-corrected chi connectivity index (χ0v) is 11.1. The van der Waals surface area contributed by atoms with E-state index in [9.17, 15) is 9.90 Å². The fraction of sp³-hybridized carbons (Fsp3) is 0.462. The quantitative estimate of drug-likeness (QED) is 0.740. The third-order valence-electron chi connectivity index (χ3n) is 2.71. The molecule has 0 aliphatic heterocycles. The molecule has 0 fully saturated rings. The van der Waals surface area contributed by atoms with Crippen LogP contribution < -0.4 is 5.73 Å². The summed E-state index contributed by atoms with van der Waals surface area (Å²) in [5.41, 5.74) is 7.05. The van der Waals surface area contributed by atoms with Crippen LogP contribution in [0.15, 0.2) is 24.3 Å². The van der Waals surface area contributed by atoms with Crippen molar-refractivity contribution in [1.29, 1.82) is 0 Å². The number of hydrogen-bond donors (Lipinski definition) is 2. The summed E-state index contributed by atoms with van der Waals surface area (Å²) in [5, 5.41) is 10.0. The summed E-state index contributed by atoms with van der Waals surface area (Å²) < 4.78 is 0. The number of anilines is 1. The number of likely N-dealkylation sites (N-methyl/N-ethyl adjacent to an activating group) is 2. The van der Waals surface area contributed by atoms with Crippen LogP contribution in [-0.2, 0) is 4.79 Å². The minimum absolute atomic E-state index is 0.0157. The number of amides is 1. The van der Waals surface area contributed by atoms with Crippen LogP contribution in [-0.4, -0.2) is 55.0 Å². The largest absolute Gasteiger partial charge is 0.399 e.